The van der Waals surface area contributed by atoms with Crippen LogP contribution in [0.2, 0.25) is 0 Å². The monoisotopic (exact) mass is 262 g/mol. The number of pyridine rings is 1. The van der Waals surface area contributed by atoms with Crippen LogP contribution < -0.4 is 5.73 Å². The van der Waals surface area contributed by atoms with E-state index in [0.29, 0.717) is 13.2 Å². The van der Waals surface area contributed by atoms with Crippen LogP contribution in [0.25, 0.3) is 22.0 Å². The van der Waals surface area contributed by atoms with Gasteiger partial charge in [-0.15, -0.1) is 0 Å². The van der Waals surface area contributed by atoms with Crippen molar-refractivity contribution in [2.24, 2.45) is 0 Å². The molecule has 3 aromatic rings. The molecular formula is C17H14N2O. The van der Waals surface area contributed by atoms with Crippen molar-refractivity contribution in [2.45, 2.75) is 13.2 Å². The van der Waals surface area contributed by atoms with Gasteiger partial charge in [0.15, 0.2) is 0 Å². The smallest absolute Gasteiger partial charge is 0.0787 e. The second kappa shape index (κ2) is 4.32. The minimum absolute atomic E-state index is 0.562. The molecule has 0 amide bonds. The van der Waals surface area contributed by atoms with Crippen molar-refractivity contribution in [1.82, 2.24) is 4.98 Å². The zero-order valence-corrected chi connectivity index (χ0v) is 11.0. The molecule has 0 saturated carbocycles. The number of rotatable bonds is 0. The Hall–Kier alpha value is -2.39. The van der Waals surface area contributed by atoms with E-state index in [1.54, 1.807) is 0 Å². The van der Waals surface area contributed by atoms with Crippen LogP contribution in [0.4, 0.5) is 5.69 Å². The van der Waals surface area contributed by atoms with Crippen LogP contribution in [-0.4, -0.2) is 4.98 Å². The summed E-state index contributed by atoms with van der Waals surface area (Å²) in [6.07, 6.45) is 1.87. The Morgan fingerprint density at radius 3 is 2.85 bits per heavy atom. The Morgan fingerprint density at radius 1 is 1.00 bits per heavy atom. The second-order valence-corrected chi connectivity index (χ2v) is 5.08. The average molecular weight is 262 g/mol. The lowest BCUT2D eigenvalue weighted by Crippen LogP contribution is -2.04. The Morgan fingerprint density at radius 2 is 1.90 bits per heavy atom. The van der Waals surface area contributed by atoms with E-state index in [-0.39, 0.29) is 0 Å². The standard InChI is InChI=1S/C17H14N2O/c18-14-4-5-15-13(8-14)10-20-9-12-3-1-2-11-6-7-19-17(15)16(11)12/h1-8H,9-10,18H2. The number of fused-ring (bicyclic) bond motifs is 2. The van der Waals surface area contributed by atoms with Crippen molar-refractivity contribution in [3.63, 3.8) is 0 Å². The fourth-order valence-corrected chi connectivity index (χ4v) is 2.86. The molecule has 4 rings (SSSR count). The Balaban J connectivity index is 2.13. The summed E-state index contributed by atoms with van der Waals surface area (Å²) in [5, 5.41) is 2.38. The number of nitrogens with two attached hydrogens (primary N) is 1. The highest BCUT2D eigenvalue weighted by Crippen LogP contribution is 2.34. The SMILES string of the molecule is Nc1ccc2c(c1)COCc1cccc3ccnc-2c13. The van der Waals surface area contributed by atoms with E-state index in [0.717, 1.165) is 22.5 Å². The fourth-order valence-electron chi connectivity index (χ4n) is 2.86. The van der Waals surface area contributed by atoms with Gasteiger partial charge in [-0.3, -0.25) is 4.98 Å². The van der Waals surface area contributed by atoms with Gasteiger partial charge in [0.25, 0.3) is 0 Å². The van der Waals surface area contributed by atoms with Crippen LogP contribution in [0.15, 0.2) is 48.7 Å². The number of hydrogen-bond donors (Lipinski definition) is 1. The Kier molecular flexibility index (Phi) is 2.47. The molecule has 0 atom stereocenters. The van der Waals surface area contributed by atoms with E-state index < -0.39 is 0 Å². The minimum atomic E-state index is 0.562. The van der Waals surface area contributed by atoms with Crippen molar-refractivity contribution in [3.05, 3.63) is 59.8 Å². The zero-order valence-electron chi connectivity index (χ0n) is 11.0. The highest BCUT2D eigenvalue weighted by molar-refractivity contribution is 5.97. The number of hydrogen-bond acceptors (Lipinski definition) is 3. The highest BCUT2D eigenvalue weighted by atomic mass is 16.5. The number of anilines is 1. The van der Waals surface area contributed by atoms with E-state index in [1.807, 2.05) is 30.5 Å². The molecule has 98 valence electrons. The summed E-state index contributed by atoms with van der Waals surface area (Å²) in [4.78, 5) is 4.61. The molecule has 2 aromatic carbocycles. The third-order valence-electron chi connectivity index (χ3n) is 3.78. The van der Waals surface area contributed by atoms with Gasteiger partial charge in [-0.2, -0.15) is 0 Å². The van der Waals surface area contributed by atoms with Crippen LogP contribution in [0.3, 0.4) is 0 Å². The molecule has 0 aliphatic carbocycles. The van der Waals surface area contributed by atoms with Crippen LogP contribution in [0.5, 0.6) is 0 Å². The number of benzene rings is 2. The number of aromatic nitrogens is 1. The second-order valence-electron chi connectivity index (χ2n) is 5.08. The summed E-state index contributed by atoms with van der Waals surface area (Å²) >= 11 is 0. The average Bonchev–Trinajstić information content (AvgIpc) is 2.45. The maximum atomic E-state index is 5.89. The maximum absolute atomic E-state index is 5.89. The molecule has 0 bridgehead atoms. The van der Waals surface area contributed by atoms with Gasteiger partial charge in [-0.1, -0.05) is 24.3 Å². The summed E-state index contributed by atoms with van der Waals surface area (Å²) in [6, 6.07) is 14.3. The lowest BCUT2D eigenvalue weighted by molar-refractivity contribution is 0.108. The van der Waals surface area contributed by atoms with E-state index in [2.05, 4.69) is 23.2 Å². The third-order valence-corrected chi connectivity index (χ3v) is 3.78. The highest BCUT2D eigenvalue weighted by Gasteiger charge is 2.16. The molecule has 0 radical (unpaired) electrons. The number of nitrogens with zero attached hydrogens (tertiary/aromatic N) is 1. The van der Waals surface area contributed by atoms with E-state index in [9.17, 15) is 0 Å². The van der Waals surface area contributed by atoms with Gasteiger partial charge in [0.2, 0.25) is 0 Å². The lowest BCUT2D eigenvalue weighted by Gasteiger charge is -2.18. The van der Waals surface area contributed by atoms with E-state index in [1.165, 1.54) is 16.3 Å². The van der Waals surface area contributed by atoms with Crippen LogP contribution in [0.1, 0.15) is 11.1 Å². The minimum Gasteiger partial charge on any atom is -0.399 e. The summed E-state index contributed by atoms with van der Waals surface area (Å²) in [7, 11) is 0. The largest absolute Gasteiger partial charge is 0.399 e. The van der Waals surface area contributed by atoms with Gasteiger partial charge in [-0.25, -0.2) is 0 Å². The molecule has 3 nitrogen and oxygen atoms in total. The Bertz CT molecular complexity index is 806. The van der Waals surface area contributed by atoms with Crippen LogP contribution in [-0.2, 0) is 18.0 Å². The van der Waals surface area contributed by atoms with Gasteiger partial charge in [0, 0.05) is 22.8 Å². The fraction of sp³-hybridized carbons (Fsp3) is 0.118. The van der Waals surface area contributed by atoms with Gasteiger partial charge >= 0.3 is 0 Å². The van der Waals surface area contributed by atoms with Crippen molar-refractivity contribution in [3.8, 4) is 11.3 Å². The lowest BCUT2D eigenvalue weighted by atomic mass is 9.95. The first-order valence-corrected chi connectivity index (χ1v) is 6.66. The molecule has 0 fully saturated rings. The third kappa shape index (κ3) is 1.67. The maximum Gasteiger partial charge on any atom is 0.0787 e. The van der Waals surface area contributed by atoms with Gasteiger partial charge < -0.3 is 10.5 Å². The first-order chi connectivity index (χ1) is 9.83. The molecule has 2 heterocycles. The summed E-state index contributed by atoms with van der Waals surface area (Å²) < 4.78 is 5.82. The van der Waals surface area contributed by atoms with E-state index in [4.69, 9.17) is 10.5 Å². The van der Waals surface area contributed by atoms with Crippen LogP contribution in [0, 0.1) is 0 Å². The predicted molar refractivity (Wildman–Crippen MR) is 80.1 cm³/mol. The molecule has 0 saturated heterocycles. The summed E-state index contributed by atoms with van der Waals surface area (Å²) in [6.45, 7) is 1.16. The predicted octanol–water partition coefficient (Wildman–Crippen LogP) is 3.51. The molecule has 3 heteroatoms. The summed E-state index contributed by atoms with van der Waals surface area (Å²) in [5.41, 5.74) is 11.1. The topological polar surface area (TPSA) is 48.1 Å². The van der Waals surface area contributed by atoms with Crippen molar-refractivity contribution in [1.29, 1.82) is 0 Å². The molecule has 0 spiro atoms. The zero-order chi connectivity index (χ0) is 13.5. The molecule has 20 heavy (non-hydrogen) atoms. The van der Waals surface area contributed by atoms with Crippen molar-refractivity contribution in [2.75, 3.05) is 5.73 Å². The number of nitrogen functional groups attached to an aromatic ring is 1. The molecule has 2 N–H and O–H groups in total. The summed E-state index contributed by atoms with van der Waals surface area (Å²) in [5.74, 6) is 0. The normalized spacial score (nSPS) is 13.6. The molecule has 1 aliphatic heterocycles. The van der Waals surface area contributed by atoms with Gasteiger partial charge in [0.05, 0.1) is 18.9 Å². The Labute approximate surface area is 117 Å². The molecule has 0 unspecified atom stereocenters. The number of ether oxygens (including phenoxy) is 1. The molecule has 1 aliphatic rings. The van der Waals surface area contributed by atoms with Gasteiger partial charge in [-0.05, 0) is 34.7 Å². The van der Waals surface area contributed by atoms with E-state index >= 15 is 0 Å². The van der Waals surface area contributed by atoms with Gasteiger partial charge in [0.1, 0.15) is 0 Å². The van der Waals surface area contributed by atoms with Crippen LogP contribution >= 0.6 is 0 Å². The molecule has 1 aromatic heterocycles. The molecular weight excluding hydrogens is 248 g/mol. The first-order valence-electron chi connectivity index (χ1n) is 6.66. The van der Waals surface area contributed by atoms with Crippen molar-refractivity contribution >= 4 is 16.5 Å². The quantitative estimate of drug-likeness (QED) is 0.631. The van der Waals surface area contributed by atoms with Crippen molar-refractivity contribution < 1.29 is 4.74 Å². The first kappa shape index (κ1) is 11.4.